The molecule has 2 aliphatic rings. The summed E-state index contributed by atoms with van der Waals surface area (Å²) < 4.78 is 83.9. The molecule has 1 aromatic carbocycles. The van der Waals surface area contributed by atoms with Crippen molar-refractivity contribution in [1.82, 2.24) is 0 Å². The predicted molar refractivity (Wildman–Crippen MR) is 106 cm³/mol. The van der Waals surface area contributed by atoms with Gasteiger partial charge in [0.1, 0.15) is 12.4 Å². The summed E-state index contributed by atoms with van der Waals surface area (Å²) in [5.41, 5.74) is -0.136. The van der Waals surface area contributed by atoms with Crippen molar-refractivity contribution in [2.75, 3.05) is 19.8 Å². The van der Waals surface area contributed by atoms with E-state index in [-0.39, 0.29) is 37.7 Å². The van der Waals surface area contributed by atoms with Gasteiger partial charge in [-0.25, -0.2) is 13.2 Å². The number of carbonyl (C=O) groups is 1. The van der Waals surface area contributed by atoms with Gasteiger partial charge in [-0.05, 0) is 32.1 Å². The first kappa shape index (κ1) is 24.7. The molecule has 180 valence electrons. The molecule has 0 N–H and O–H groups in total. The Labute approximate surface area is 184 Å². The zero-order valence-electron chi connectivity index (χ0n) is 18.1. The summed E-state index contributed by atoms with van der Waals surface area (Å²) >= 11 is 0. The summed E-state index contributed by atoms with van der Waals surface area (Å²) in [7, 11) is 0. The van der Waals surface area contributed by atoms with Crippen molar-refractivity contribution < 1.29 is 41.0 Å². The molecule has 3 rings (SSSR count). The van der Waals surface area contributed by atoms with Crippen LogP contribution in [0.25, 0.3) is 0 Å². The Bertz CT molecular complexity index is 766. The number of halogens is 5. The molecule has 0 radical (unpaired) electrons. The molecule has 0 spiro atoms. The highest BCUT2D eigenvalue weighted by Crippen LogP contribution is 2.41. The van der Waals surface area contributed by atoms with Gasteiger partial charge in [0.25, 0.3) is 0 Å². The first-order valence-corrected chi connectivity index (χ1v) is 11.1. The molecule has 1 aliphatic heterocycles. The van der Waals surface area contributed by atoms with E-state index >= 15 is 0 Å². The van der Waals surface area contributed by atoms with Crippen LogP contribution in [0.5, 0.6) is 5.75 Å². The van der Waals surface area contributed by atoms with Gasteiger partial charge in [0.05, 0.1) is 30.5 Å². The number of unbranched alkanes of at least 4 members (excludes halogenated alkanes) is 2. The Kier molecular flexibility index (Phi) is 8.01. The lowest BCUT2D eigenvalue weighted by Crippen LogP contribution is -2.47. The third kappa shape index (κ3) is 5.91. The lowest BCUT2D eigenvalue weighted by molar-refractivity contribution is -0.224. The quantitative estimate of drug-likeness (QED) is 0.184. The highest BCUT2D eigenvalue weighted by molar-refractivity contribution is 5.72. The summed E-state index contributed by atoms with van der Waals surface area (Å²) in [5, 5.41) is 0. The second-order valence-electron chi connectivity index (χ2n) is 8.97. The van der Waals surface area contributed by atoms with Crippen LogP contribution in [0.4, 0.5) is 22.0 Å². The van der Waals surface area contributed by atoms with Crippen molar-refractivity contribution in [3.63, 3.8) is 0 Å². The van der Waals surface area contributed by atoms with Gasteiger partial charge < -0.3 is 14.2 Å². The molecule has 1 aromatic rings. The van der Waals surface area contributed by atoms with Gasteiger partial charge in [-0.1, -0.05) is 26.2 Å². The number of ether oxygens (including phenoxy) is 3. The van der Waals surface area contributed by atoms with Crippen molar-refractivity contribution in [2.24, 2.45) is 17.3 Å². The summed E-state index contributed by atoms with van der Waals surface area (Å²) in [4.78, 5) is 12.5. The Morgan fingerprint density at radius 3 is 2.25 bits per heavy atom. The molecule has 1 saturated carbocycles. The maximum atomic E-state index is 14.5. The Morgan fingerprint density at radius 2 is 1.72 bits per heavy atom. The van der Waals surface area contributed by atoms with Crippen molar-refractivity contribution in [3.8, 4) is 5.75 Å². The fourth-order valence-electron chi connectivity index (χ4n) is 4.28. The van der Waals surface area contributed by atoms with Crippen molar-refractivity contribution in [1.29, 1.82) is 0 Å². The zero-order chi connectivity index (χ0) is 23.4. The molecule has 9 heteroatoms. The molecule has 2 fully saturated rings. The van der Waals surface area contributed by atoms with Crippen LogP contribution in [0.1, 0.15) is 58.3 Å². The highest BCUT2D eigenvalue weighted by Gasteiger charge is 2.46. The first-order valence-electron chi connectivity index (χ1n) is 11.1. The fraction of sp³-hybridized carbons (Fsp3) is 0.696. The molecule has 4 nitrogen and oxygen atoms in total. The number of alkyl halides is 2. The smallest absolute Gasteiger partial charge is 0.400 e. The molecule has 1 aliphatic carbocycles. The van der Waals surface area contributed by atoms with E-state index in [2.05, 4.69) is 11.7 Å². The number of hydrogen-bond donors (Lipinski definition) is 0. The van der Waals surface area contributed by atoms with Crippen LogP contribution in [0.2, 0.25) is 0 Å². The van der Waals surface area contributed by atoms with Crippen LogP contribution < -0.4 is 4.74 Å². The molecule has 0 unspecified atom stereocenters. The fourth-order valence-corrected chi connectivity index (χ4v) is 4.28. The summed E-state index contributed by atoms with van der Waals surface area (Å²) in [6.45, 7) is 3.51. The molecule has 0 aromatic heterocycles. The van der Waals surface area contributed by atoms with E-state index in [1.54, 1.807) is 0 Å². The minimum absolute atomic E-state index is 0.0102. The Morgan fingerprint density at radius 1 is 1.09 bits per heavy atom. The molecule has 1 saturated heterocycles. The maximum absolute atomic E-state index is 14.5. The highest BCUT2D eigenvalue weighted by atomic mass is 19.3. The van der Waals surface area contributed by atoms with Crippen LogP contribution in [0, 0.1) is 34.7 Å². The minimum Gasteiger partial charge on any atom is -0.465 e. The normalized spacial score (nSPS) is 22.8. The zero-order valence-corrected chi connectivity index (χ0v) is 18.1. The molecule has 32 heavy (non-hydrogen) atoms. The van der Waals surface area contributed by atoms with Gasteiger partial charge in [0, 0.05) is 12.1 Å². The van der Waals surface area contributed by atoms with E-state index in [4.69, 9.17) is 9.47 Å². The van der Waals surface area contributed by atoms with Gasteiger partial charge in [0.15, 0.2) is 17.5 Å². The summed E-state index contributed by atoms with van der Waals surface area (Å²) in [5.74, 6) is -7.85. The average molecular weight is 464 g/mol. The number of esters is 1. The summed E-state index contributed by atoms with van der Waals surface area (Å²) in [6, 6.07) is 0.770. The van der Waals surface area contributed by atoms with E-state index in [1.807, 2.05) is 0 Å². The molecule has 0 amide bonds. The molecule has 1 heterocycles. The molecule has 0 bridgehead atoms. The van der Waals surface area contributed by atoms with Crippen LogP contribution in [-0.4, -0.2) is 31.9 Å². The predicted octanol–water partition coefficient (Wildman–Crippen LogP) is 6.02. The largest absolute Gasteiger partial charge is 0.465 e. The lowest BCUT2D eigenvalue weighted by Gasteiger charge is -2.41. The molecular weight excluding hydrogens is 435 g/mol. The second-order valence-corrected chi connectivity index (χ2v) is 8.97. The maximum Gasteiger partial charge on any atom is 0.400 e. The standard InChI is InChI=1S/C23H29F5O4/c1-2-3-4-9-22(12-30-13-22)14-31-21(29)15-5-7-16(8-6-15)23(27,28)32-17-10-18(24)20(26)19(25)11-17/h10-11,15-16H,2-9,12-14H2,1H3. The Balaban J connectivity index is 1.48. The number of hydrogen-bond acceptors (Lipinski definition) is 4. The van der Waals surface area contributed by atoms with Crippen molar-refractivity contribution in [2.45, 2.75) is 64.4 Å². The number of rotatable bonds is 10. The SMILES string of the molecule is CCCCCC1(COC(=O)C2CCC(C(F)(F)Oc3cc(F)c(F)c(F)c3)CC2)COC1. The number of carbonyl (C=O) groups excluding carboxylic acids is 1. The van der Waals surface area contributed by atoms with E-state index < -0.39 is 47.1 Å². The van der Waals surface area contributed by atoms with Gasteiger partial charge in [-0.2, -0.15) is 8.78 Å². The van der Waals surface area contributed by atoms with Crippen molar-refractivity contribution >= 4 is 5.97 Å². The van der Waals surface area contributed by atoms with Gasteiger partial charge in [-0.15, -0.1) is 0 Å². The molecular formula is C23H29F5O4. The Hall–Kier alpha value is -1.90. The van der Waals surface area contributed by atoms with E-state index in [0.29, 0.717) is 25.3 Å². The third-order valence-electron chi connectivity index (χ3n) is 6.39. The number of benzene rings is 1. The van der Waals surface area contributed by atoms with Gasteiger partial charge >= 0.3 is 12.1 Å². The van der Waals surface area contributed by atoms with E-state index in [1.165, 1.54) is 0 Å². The van der Waals surface area contributed by atoms with Crippen LogP contribution in [-0.2, 0) is 14.3 Å². The first-order chi connectivity index (χ1) is 15.2. The summed E-state index contributed by atoms with van der Waals surface area (Å²) in [6.07, 6.45) is 0.842. The van der Waals surface area contributed by atoms with Gasteiger partial charge in [-0.3, -0.25) is 4.79 Å². The van der Waals surface area contributed by atoms with Crippen LogP contribution in [0.15, 0.2) is 12.1 Å². The molecule has 0 atom stereocenters. The average Bonchev–Trinajstić information content (AvgIpc) is 2.73. The minimum atomic E-state index is -3.71. The van der Waals surface area contributed by atoms with Gasteiger partial charge in [0.2, 0.25) is 0 Å². The van der Waals surface area contributed by atoms with Crippen LogP contribution >= 0.6 is 0 Å². The lowest BCUT2D eigenvalue weighted by atomic mass is 9.80. The van der Waals surface area contributed by atoms with E-state index in [0.717, 1.165) is 25.7 Å². The van der Waals surface area contributed by atoms with E-state index in [9.17, 15) is 26.7 Å². The second kappa shape index (κ2) is 10.4. The third-order valence-corrected chi connectivity index (χ3v) is 6.39. The van der Waals surface area contributed by atoms with Crippen LogP contribution in [0.3, 0.4) is 0 Å². The van der Waals surface area contributed by atoms with Crippen molar-refractivity contribution in [3.05, 3.63) is 29.6 Å². The topological polar surface area (TPSA) is 44.8 Å². The monoisotopic (exact) mass is 464 g/mol.